The molecule has 0 atom stereocenters. The van der Waals surface area contributed by atoms with Crippen LogP contribution < -0.4 is 0 Å². The third-order valence-corrected chi connectivity index (χ3v) is 4.16. The lowest BCUT2D eigenvalue weighted by Gasteiger charge is -2.21. The molecule has 1 aromatic rings. The van der Waals surface area contributed by atoms with Crippen LogP contribution in [0.3, 0.4) is 0 Å². The SMILES string of the molecule is Cc1sc(Br)cc1C1CCOCC1. The Morgan fingerprint density at radius 1 is 1.46 bits per heavy atom. The molecule has 1 nitrogen and oxygen atoms in total. The first-order valence-corrected chi connectivity index (χ1v) is 6.22. The zero-order valence-electron chi connectivity index (χ0n) is 7.68. The summed E-state index contributed by atoms with van der Waals surface area (Å²) < 4.78 is 6.62. The van der Waals surface area contributed by atoms with Crippen molar-refractivity contribution in [2.45, 2.75) is 25.7 Å². The number of halogens is 1. The molecule has 1 saturated heterocycles. The minimum absolute atomic E-state index is 0.733. The van der Waals surface area contributed by atoms with Crippen LogP contribution in [0.25, 0.3) is 0 Å². The maximum atomic E-state index is 5.36. The van der Waals surface area contributed by atoms with Gasteiger partial charge in [0.1, 0.15) is 0 Å². The van der Waals surface area contributed by atoms with E-state index in [-0.39, 0.29) is 0 Å². The summed E-state index contributed by atoms with van der Waals surface area (Å²) in [6.45, 7) is 4.06. The molecule has 0 aliphatic carbocycles. The second-order valence-electron chi connectivity index (χ2n) is 3.45. The molecule has 0 N–H and O–H groups in total. The number of hydrogen-bond donors (Lipinski definition) is 0. The maximum absolute atomic E-state index is 5.36. The van der Waals surface area contributed by atoms with Crippen molar-refractivity contribution in [2.24, 2.45) is 0 Å². The predicted octanol–water partition coefficient (Wildman–Crippen LogP) is 3.71. The molecule has 1 aliphatic rings. The van der Waals surface area contributed by atoms with E-state index in [1.807, 2.05) is 11.3 Å². The van der Waals surface area contributed by atoms with Gasteiger partial charge in [-0.3, -0.25) is 0 Å². The van der Waals surface area contributed by atoms with Crippen LogP contribution >= 0.6 is 27.3 Å². The van der Waals surface area contributed by atoms with Crippen molar-refractivity contribution in [2.75, 3.05) is 13.2 Å². The summed E-state index contributed by atoms with van der Waals surface area (Å²) in [5.74, 6) is 0.733. The topological polar surface area (TPSA) is 9.23 Å². The van der Waals surface area contributed by atoms with E-state index in [2.05, 4.69) is 28.9 Å². The lowest BCUT2D eigenvalue weighted by Crippen LogP contribution is -2.14. The monoisotopic (exact) mass is 260 g/mol. The molecule has 3 heteroatoms. The van der Waals surface area contributed by atoms with E-state index in [0.29, 0.717) is 0 Å². The van der Waals surface area contributed by atoms with E-state index >= 15 is 0 Å². The lowest BCUT2D eigenvalue weighted by molar-refractivity contribution is 0.0853. The summed E-state index contributed by atoms with van der Waals surface area (Å²) in [7, 11) is 0. The van der Waals surface area contributed by atoms with E-state index in [0.717, 1.165) is 19.1 Å². The van der Waals surface area contributed by atoms with Gasteiger partial charge in [-0.15, -0.1) is 11.3 Å². The minimum atomic E-state index is 0.733. The zero-order valence-corrected chi connectivity index (χ0v) is 10.1. The Kier molecular flexibility index (Phi) is 3.06. The fourth-order valence-electron chi connectivity index (χ4n) is 1.87. The Balaban J connectivity index is 2.18. The van der Waals surface area contributed by atoms with Gasteiger partial charge in [-0.25, -0.2) is 0 Å². The van der Waals surface area contributed by atoms with Crippen molar-refractivity contribution in [1.29, 1.82) is 0 Å². The van der Waals surface area contributed by atoms with E-state index in [9.17, 15) is 0 Å². The standard InChI is InChI=1S/C10H13BrOS/c1-7-9(6-10(11)13-7)8-2-4-12-5-3-8/h6,8H,2-5H2,1H3. The Morgan fingerprint density at radius 2 is 2.15 bits per heavy atom. The average molecular weight is 261 g/mol. The van der Waals surface area contributed by atoms with E-state index in [4.69, 9.17) is 4.74 Å². The number of ether oxygens (including phenoxy) is 1. The molecule has 0 saturated carbocycles. The summed E-state index contributed by atoms with van der Waals surface area (Å²) in [4.78, 5) is 1.46. The quantitative estimate of drug-likeness (QED) is 0.748. The smallest absolute Gasteiger partial charge is 0.0704 e. The summed E-state index contributed by atoms with van der Waals surface area (Å²) in [5, 5.41) is 0. The molecule has 72 valence electrons. The predicted molar refractivity (Wildman–Crippen MR) is 59.6 cm³/mol. The van der Waals surface area contributed by atoms with Crippen LogP contribution in [-0.2, 0) is 4.74 Å². The molecule has 1 aliphatic heterocycles. The Hall–Kier alpha value is 0.140. The first kappa shape index (κ1) is 9.69. The molecular formula is C10H13BrOS. The number of rotatable bonds is 1. The van der Waals surface area contributed by atoms with Crippen LogP contribution in [0.2, 0.25) is 0 Å². The van der Waals surface area contributed by atoms with Gasteiger partial charge < -0.3 is 4.74 Å². The second-order valence-corrected chi connectivity index (χ2v) is 6.08. The van der Waals surface area contributed by atoms with Crippen molar-refractivity contribution < 1.29 is 4.74 Å². The van der Waals surface area contributed by atoms with Gasteiger partial charge in [0, 0.05) is 18.1 Å². The van der Waals surface area contributed by atoms with Gasteiger partial charge >= 0.3 is 0 Å². The van der Waals surface area contributed by atoms with Crippen LogP contribution in [0.1, 0.15) is 29.2 Å². The summed E-state index contributed by atoms with van der Waals surface area (Å²) in [6.07, 6.45) is 2.37. The fourth-order valence-corrected chi connectivity index (χ4v) is 3.67. The molecule has 13 heavy (non-hydrogen) atoms. The Morgan fingerprint density at radius 3 is 2.69 bits per heavy atom. The third-order valence-electron chi connectivity index (χ3n) is 2.59. The van der Waals surface area contributed by atoms with Crippen molar-refractivity contribution >= 4 is 27.3 Å². The van der Waals surface area contributed by atoms with Crippen molar-refractivity contribution in [3.8, 4) is 0 Å². The van der Waals surface area contributed by atoms with E-state index < -0.39 is 0 Å². The number of hydrogen-bond acceptors (Lipinski definition) is 2. The van der Waals surface area contributed by atoms with Gasteiger partial charge in [0.05, 0.1) is 3.79 Å². The fraction of sp³-hybridized carbons (Fsp3) is 0.600. The molecule has 0 bridgehead atoms. The first-order valence-electron chi connectivity index (χ1n) is 4.61. The molecule has 0 amide bonds. The van der Waals surface area contributed by atoms with Crippen molar-refractivity contribution in [3.63, 3.8) is 0 Å². The highest BCUT2D eigenvalue weighted by molar-refractivity contribution is 9.11. The molecule has 0 radical (unpaired) electrons. The van der Waals surface area contributed by atoms with Crippen LogP contribution in [0.15, 0.2) is 9.85 Å². The van der Waals surface area contributed by atoms with Crippen LogP contribution in [-0.4, -0.2) is 13.2 Å². The molecular weight excluding hydrogens is 248 g/mol. The highest BCUT2D eigenvalue weighted by Gasteiger charge is 2.19. The van der Waals surface area contributed by atoms with Crippen molar-refractivity contribution in [3.05, 3.63) is 20.3 Å². The van der Waals surface area contributed by atoms with Crippen LogP contribution in [0.4, 0.5) is 0 Å². The molecule has 1 fully saturated rings. The number of aryl methyl sites for hydroxylation is 1. The molecule has 1 aromatic heterocycles. The number of thiophene rings is 1. The maximum Gasteiger partial charge on any atom is 0.0704 e. The van der Waals surface area contributed by atoms with Gasteiger partial charge in [-0.1, -0.05) is 0 Å². The zero-order chi connectivity index (χ0) is 9.26. The lowest BCUT2D eigenvalue weighted by atomic mass is 9.92. The summed E-state index contributed by atoms with van der Waals surface area (Å²) in [6, 6.07) is 2.27. The normalized spacial score (nSPS) is 19.2. The van der Waals surface area contributed by atoms with Gasteiger partial charge in [0.2, 0.25) is 0 Å². The minimum Gasteiger partial charge on any atom is -0.381 e. The molecule has 0 unspecified atom stereocenters. The molecule has 0 aromatic carbocycles. The largest absolute Gasteiger partial charge is 0.381 e. The van der Waals surface area contributed by atoms with E-state index in [1.54, 1.807) is 0 Å². The Labute approximate surface area is 91.2 Å². The average Bonchev–Trinajstić information content (AvgIpc) is 2.47. The van der Waals surface area contributed by atoms with Gasteiger partial charge in [-0.2, -0.15) is 0 Å². The van der Waals surface area contributed by atoms with Gasteiger partial charge in [0.25, 0.3) is 0 Å². The summed E-state index contributed by atoms with van der Waals surface area (Å²) >= 11 is 5.38. The van der Waals surface area contributed by atoms with Gasteiger partial charge in [0.15, 0.2) is 0 Å². The van der Waals surface area contributed by atoms with Gasteiger partial charge in [-0.05, 0) is 53.2 Å². The highest BCUT2D eigenvalue weighted by Crippen LogP contribution is 2.35. The molecule has 2 heterocycles. The Bertz CT molecular complexity index is 289. The van der Waals surface area contributed by atoms with Crippen LogP contribution in [0, 0.1) is 6.92 Å². The highest BCUT2D eigenvalue weighted by atomic mass is 79.9. The first-order chi connectivity index (χ1) is 6.27. The summed E-state index contributed by atoms with van der Waals surface area (Å²) in [5.41, 5.74) is 1.53. The van der Waals surface area contributed by atoms with E-state index in [1.165, 1.54) is 27.1 Å². The van der Waals surface area contributed by atoms with Crippen LogP contribution in [0.5, 0.6) is 0 Å². The molecule has 0 spiro atoms. The van der Waals surface area contributed by atoms with Crippen molar-refractivity contribution in [1.82, 2.24) is 0 Å². The molecule has 2 rings (SSSR count). The third kappa shape index (κ3) is 2.14. The second kappa shape index (κ2) is 4.11.